The predicted molar refractivity (Wildman–Crippen MR) is 98.1 cm³/mol. The predicted octanol–water partition coefficient (Wildman–Crippen LogP) is 2.57. The second-order valence-electron chi connectivity index (χ2n) is 6.95. The van der Waals surface area contributed by atoms with Crippen molar-refractivity contribution in [3.63, 3.8) is 0 Å². The fraction of sp³-hybridized carbons (Fsp3) is 0.706. The zero-order chi connectivity index (χ0) is 17.5. The summed E-state index contributed by atoms with van der Waals surface area (Å²) < 4.78 is 5.55. The number of hydrogen-bond acceptors (Lipinski definition) is 4. The van der Waals surface area contributed by atoms with Gasteiger partial charge in [0, 0.05) is 20.2 Å². The summed E-state index contributed by atoms with van der Waals surface area (Å²) in [6.07, 6.45) is 0.0729. The first-order valence-corrected chi connectivity index (χ1v) is 8.95. The Labute approximate surface area is 144 Å². The van der Waals surface area contributed by atoms with Gasteiger partial charge in [-0.2, -0.15) is 11.3 Å². The van der Waals surface area contributed by atoms with E-state index < -0.39 is 5.60 Å². The van der Waals surface area contributed by atoms with Crippen molar-refractivity contribution in [1.82, 2.24) is 10.6 Å². The van der Waals surface area contributed by atoms with E-state index in [0.717, 1.165) is 12.1 Å². The van der Waals surface area contributed by atoms with Gasteiger partial charge in [0.05, 0.1) is 12.6 Å². The Morgan fingerprint density at radius 2 is 2.04 bits per heavy atom. The summed E-state index contributed by atoms with van der Waals surface area (Å²) in [4.78, 5) is 4.52. The Balaban J connectivity index is 2.70. The van der Waals surface area contributed by atoms with Crippen molar-refractivity contribution in [2.45, 2.75) is 46.3 Å². The van der Waals surface area contributed by atoms with Crippen molar-refractivity contribution in [2.24, 2.45) is 10.4 Å². The van der Waals surface area contributed by atoms with E-state index in [1.54, 1.807) is 25.4 Å². The molecule has 1 aromatic heterocycles. The molecule has 0 aromatic carbocycles. The van der Waals surface area contributed by atoms with Crippen LogP contribution in [0.4, 0.5) is 0 Å². The second kappa shape index (κ2) is 8.66. The summed E-state index contributed by atoms with van der Waals surface area (Å²) in [6, 6.07) is 1.93. The Kier molecular flexibility index (Phi) is 7.51. The first-order valence-electron chi connectivity index (χ1n) is 8.00. The summed E-state index contributed by atoms with van der Waals surface area (Å²) in [7, 11) is 1.73. The number of thiophene rings is 1. The minimum Gasteiger partial charge on any atom is -0.383 e. The average Bonchev–Trinajstić information content (AvgIpc) is 2.98. The summed E-state index contributed by atoms with van der Waals surface area (Å²) >= 11 is 1.57. The summed E-state index contributed by atoms with van der Waals surface area (Å²) in [5.41, 5.74) is -0.0274. The van der Waals surface area contributed by atoms with Gasteiger partial charge in [-0.25, -0.2) is 4.99 Å². The molecule has 0 aliphatic rings. The average molecular weight is 342 g/mol. The molecule has 0 saturated heterocycles. The van der Waals surface area contributed by atoms with Gasteiger partial charge in [-0.1, -0.05) is 20.8 Å². The van der Waals surface area contributed by atoms with Gasteiger partial charge in [0.2, 0.25) is 0 Å². The van der Waals surface area contributed by atoms with Gasteiger partial charge in [0.1, 0.15) is 5.60 Å². The van der Waals surface area contributed by atoms with Crippen LogP contribution in [0.2, 0.25) is 0 Å². The lowest BCUT2D eigenvalue weighted by atomic mass is 9.89. The number of nitrogens with zero attached hydrogens (tertiary/aromatic N) is 1. The molecule has 0 saturated carbocycles. The number of methoxy groups -OCH3 is 1. The molecule has 0 spiro atoms. The van der Waals surface area contributed by atoms with Crippen LogP contribution in [0.1, 0.15) is 40.2 Å². The number of rotatable bonds is 7. The number of aliphatic hydroxyl groups is 1. The highest BCUT2D eigenvalue weighted by Crippen LogP contribution is 2.23. The highest BCUT2D eigenvalue weighted by Gasteiger charge is 2.25. The van der Waals surface area contributed by atoms with Crippen LogP contribution >= 0.6 is 11.3 Å². The third-order valence-corrected chi connectivity index (χ3v) is 4.42. The minimum absolute atomic E-state index is 0.0429. The van der Waals surface area contributed by atoms with E-state index in [1.165, 1.54) is 0 Å². The van der Waals surface area contributed by atoms with Crippen LogP contribution in [0.15, 0.2) is 21.8 Å². The first-order chi connectivity index (χ1) is 10.7. The molecular weight excluding hydrogens is 310 g/mol. The lowest BCUT2D eigenvalue weighted by Gasteiger charge is -2.30. The van der Waals surface area contributed by atoms with Gasteiger partial charge < -0.3 is 20.5 Å². The van der Waals surface area contributed by atoms with Crippen molar-refractivity contribution in [3.8, 4) is 0 Å². The number of nitrogens with one attached hydrogen (secondary N) is 2. The topological polar surface area (TPSA) is 65.9 Å². The van der Waals surface area contributed by atoms with Gasteiger partial charge in [0.25, 0.3) is 0 Å². The number of aliphatic imine (C=N–C) groups is 1. The summed E-state index contributed by atoms with van der Waals surface area (Å²) in [5, 5.41) is 21.0. The van der Waals surface area contributed by atoms with Crippen molar-refractivity contribution in [3.05, 3.63) is 22.4 Å². The molecule has 1 rings (SSSR count). The molecule has 0 radical (unpaired) electrons. The maximum Gasteiger partial charge on any atom is 0.191 e. The molecule has 0 amide bonds. The van der Waals surface area contributed by atoms with Gasteiger partial charge in [0.15, 0.2) is 5.96 Å². The van der Waals surface area contributed by atoms with Gasteiger partial charge in [-0.15, -0.1) is 0 Å². The molecule has 0 aliphatic heterocycles. The van der Waals surface area contributed by atoms with Crippen molar-refractivity contribution in [2.75, 3.05) is 26.7 Å². The Morgan fingerprint density at radius 1 is 1.35 bits per heavy atom. The molecule has 132 valence electrons. The van der Waals surface area contributed by atoms with E-state index in [2.05, 4.69) is 36.4 Å². The van der Waals surface area contributed by atoms with Crippen molar-refractivity contribution >= 4 is 17.3 Å². The maximum atomic E-state index is 10.6. The molecular formula is C17H31N3O2S. The standard InChI is InChI=1S/C17H31N3O2S/c1-7-18-15(19-10-14(22-6)16(2,3)4)20-12-17(5,21)13-8-9-23-11-13/h8-9,11,14,21H,7,10,12H2,1-6H3,(H2,18,19,20). The zero-order valence-corrected chi connectivity index (χ0v) is 16.0. The fourth-order valence-corrected chi connectivity index (χ4v) is 2.95. The molecule has 0 aliphatic carbocycles. The Hall–Kier alpha value is -1.11. The van der Waals surface area contributed by atoms with Crippen LogP contribution in [0.25, 0.3) is 0 Å². The fourth-order valence-electron chi connectivity index (χ4n) is 2.17. The van der Waals surface area contributed by atoms with Crippen molar-refractivity contribution < 1.29 is 9.84 Å². The van der Waals surface area contributed by atoms with Crippen LogP contribution in [0.3, 0.4) is 0 Å². The van der Waals surface area contributed by atoms with E-state index in [4.69, 9.17) is 4.74 Å². The van der Waals surface area contributed by atoms with Crippen LogP contribution < -0.4 is 10.6 Å². The third kappa shape index (κ3) is 6.49. The SMILES string of the molecule is CCNC(=NCC(C)(O)c1ccsc1)NCC(OC)C(C)(C)C. The minimum atomic E-state index is -0.965. The van der Waals surface area contributed by atoms with Crippen LogP contribution in [0.5, 0.6) is 0 Å². The normalized spacial score (nSPS) is 16.7. The van der Waals surface area contributed by atoms with Crippen LogP contribution in [0, 0.1) is 5.41 Å². The molecule has 1 heterocycles. The lowest BCUT2D eigenvalue weighted by molar-refractivity contribution is 0.0204. The third-order valence-electron chi connectivity index (χ3n) is 3.74. The molecule has 2 unspecified atom stereocenters. The van der Waals surface area contributed by atoms with Crippen LogP contribution in [-0.4, -0.2) is 43.9 Å². The van der Waals surface area contributed by atoms with Gasteiger partial charge in [-0.3, -0.25) is 0 Å². The molecule has 0 fully saturated rings. The lowest BCUT2D eigenvalue weighted by Crippen LogP contribution is -2.45. The number of guanidine groups is 1. The molecule has 3 N–H and O–H groups in total. The van der Waals surface area contributed by atoms with E-state index >= 15 is 0 Å². The highest BCUT2D eigenvalue weighted by atomic mass is 32.1. The van der Waals surface area contributed by atoms with E-state index in [-0.39, 0.29) is 11.5 Å². The van der Waals surface area contributed by atoms with Gasteiger partial charge in [-0.05, 0) is 41.7 Å². The van der Waals surface area contributed by atoms with E-state index in [9.17, 15) is 5.11 Å². The number of hydrogen-bond donors (Lipinski definition) is 3. The second-order valence-corrected chi connectivity index (χ2v) is 7.73. The zero-order valence-electron chi connectivity index (χ0n) is 15.1. The highest BCUT2D eigenvalue weighted by molar-refractivity contribution is 7.08. The van der Waals surface area contributed by atoms with E-state index in [1.807, 2.05) is 23.8 Å². The first kappa shape index (κ1) is 19.9. The number of ether oxygens (including phenoxy) is 1. The smallest absolute Gasteiger partial charge is 0.191 e. The Morgan fingerprint density at radius 3 is 2.52 bits per heavy atom. The monoisotopic (exact) mass is 341 g/mol. The van der Waals surface area contributed by atoms with Gasteiger partial charge >= 0.3 is 0 Å². The van der Waals surface area contributed by atoms with Crippen LogP contribution in [-0.2, 0) is 10.3 Å². The quantitative estimate of drug-likeness (QED) is 0.527. The summed E-state index contributed by atoms with van der Waals surface area (Å²) in [5.74, 6) is 0.689. The molecule has 2 atom stereocenters. The molecule has 5 nitrogen and oxygen atoms in total. The molecule has 1 aromatic rings. The Bertz CT molecular complexity index is 479. The largest absolute Gasteiger partial charge is 0.383 e. The summed E-state index contributed by atoms with van der Waals surface area (Å²) in [6.45, 7) is 12.0. The van der Waals surface area contributed by atoms with Crippen molar-refractivity contribution in [1.29, 1.82) is 0 Å². The molecule has 23 heavy (non-hydrogen) atoms. The van der Waals surface area contributed by atoms with E-state index in [0.29, 0.717) is 19.0 Å². The molecule has 6 heteroatoms. The molecule has 0 bridgehead atoms. The maximum absolute atomic E-state index is 10.6.